The molecule has 0 spiro atoms. The SMILES string of the molecule is Cc1cc(Br)ccc1NC(=O)Nc1ccc(F)cc1F. The predicted octanol–water partition coefficient (Wildman–Crippen LogP) is 4.68. The van der Waals surface area contributed by atoms with Crippen LogP contribution < -0.4 is 10.6 Å². The quantitative estimate of drug-likeness (QED) is 0.818. The largest absolute Gasteiger partial charge is 0.323 e. The molecular formula is C14H11BrF2N2O. The number of halogens is 3. The van der Waals surface area contributed by atoms with Crippen molar-refractivity contribution in [2.45, 2.75) is 6.92 Å². The zero-order chi connectivity index (χ0) is 14.7. The van der Waals surface area contributed by atoms with E-state index >= 15 is 0 Å². The highest BCUT2D eigenvalue weighted by Gasteiger charge is 2.09. The zero-order valence-corrected chi connectivity index (χ0v) is 12.1. The molecule has 2 rings (SSSR count). The number of carbonyl (C=O) groups excluding carboxylic acids is 1. The molecule has 0 aliphatic carbocycles. The molecule has 0 radical (unpaired) electrons. The summed E-state index contributed by atoms with van der Waals surface area (Å²) < 4.78 is 27.0. The first-order chi connectivity index (χ1) is 9.45. The molecule has 20 heavy (non-hydrogen) atoms. The first-order valence-corrected chi connectivity index (χ1v) is 6.54. The van der Waals surface area contributed by atoms with Crippen molar-refractivity contribution in [2.24, 2.45) is 0 Å². The first kappa shape index (κ1) is 14.5. The van der Waals surface area contributed by atoms with Gasteiger partial charge >= 0.3 is 6.03 Å². The molecule has 0 fully saturated rings. The van der Waals surface area contributed by atoms with E-state index in [9.17, 15) is 13.6 Å². The second-order valence-corrected chi connectivity index (χ2v) is 5.08. The van der Waals surface area contributed by atoms with Crippen molar-refractivity contribution in [3.63, 3.8) is 0 Å². The highest BCUT2D eigenvalue weighted by atomic mass is 79.9. The lowest BCUT2D eigenvalue weighted by Gasteiger charge is -2.10. The van der Waals surface area contributed by atoms with Gasteiger partial charge in [0, 0.05) is 16.2 Å². The predicted molar refractivity (Wildman–Crippen MR) is 77.9 cm³/mol. The maximum Gasteiger partial charge on any atom is 0.323 e. The standard InChI is InChI=1S/C14H11BrF2N2O/c1-8-6-9(15)2-4-12(8)18-14(20)19-13-5-3-10(16)7-11(13)17/h2-7H,1H3,(H2,18,19,20). The monoisotopic (exact) mass is 340 g/mol. The minimum Gasteiger partial charge on any atom is -0.307 e. The number of amides is 2. The molecule has 6 heteroatoms. The summed E-state index contributed by atoms with van der Waals surface area (Å²) in [4.78, 5) is 11.8. The van der Waals surface area contributed by atoms with Crippen LogP contribution in [0.3, 0.4) is 0 Å². The van der Waals surface area contributed by atoms with Crippen LogP contribution in [0.4, 0.5) is 25.0 Å². The van der Waals surface area contributed by atoms with Gasteiger partial charge in [0.2, 0.25) is 0 Å². The van der Waals surface area contributed by atoms with E-state index in [0.29, 0.717) is 11.8 Å². The molecule has 0 atom stereocenters. The molecule has 0 heterocycles. The van der Waals surface area contributed by atoms with Gasteiger partial charge in [-0.05, 0) is 42.8 Å². The second-order valence-electron chi connectivity index (χ2n) is 4.16. The normalized spacial score (nSPS) is 10.2. The number of rotatable bonds is 2. The van der Waals surface area contributed by atoms with E-state index in [1.807, 2.05) is 13.0 Å². The molecule has 0 bridgehead atoms. The van der Waals surface area contributed by atoms with Crippen molar-refractivity contribution < 1.29 is 13.6 Å². The van der Waals surface area contributed by atoms with Crippen LogP contribution in [0.5, 0.6) is 0 Å². The van der Waals surface area contributed by atoms with E-state index in [1.54, 1.807) is 12.1 Å². The Morgan fingerprint density at radius 2 is 1.70 bits per heavy atom. The third-order valence-corrected chi connectivity index (χ3v) is 3.11. The van der Waals surface area contributed by atoms with E-state index < -0.39 is 17.7 Å². The van der Waals surface area contributed by atoms with Gasteiger partial charge in [0.05, 0.1) is 5.69 Å². The van der Waals surface area contributed by atoms with E-state index in [2.05, 4.69) is 26.6 Å². The van der Waals surface area contributed by atoms with Crippen molar-refractivity contribution in [3.05, 3.63) is 58.1 Å². The Balaban J connectivity index is 2.09. The summed E-state index contributed by atoms with van der Waals surface area (Å²) >= 11 is 3.32. The van der Waals surface area contributed by atoms with Gasteiger partial charge in [-0.15, -0.1) is 0 Å². The number of aryl methyl sites for hydroxylation is 1. The number of hydrogen-bond donors (Lipinski definition) is 2. The maximum atomic E-state index is 13.4. The van der Waals surface area contributed by atoms with E-state index in [4.69, 9.17) is 0 Å². The minimum atomic E-state index is -0.826. The molecule has 2 aromatic carbocycles. The molecular weight excluding hydrogens is 330 g/mol. The first-order valence-electron chi connectivity index (χ1n) is 5.75. The van der Waals surface area contributed by atoms with Crippen LogP contribution >= 0.6 is 15.9 Å². The molecule has 0 aliphatic heterocycles. The lowest BCUT2D eigenvalue weighted by molar-refractivity contribution is 0.262. The number of anilines is 2. The fourth-order valence-corrected chi connectivity index (χ4v) is 2.11. The van der Waals surface area contributed by atoms with Gasteiger partial charge < -0.3 is 10.6 Å². The van der Waals surface area contributed by atoms with Gasteiger partial charge in [0.25, 0.3) is 0 Å². The smallest absolute Gasteiger partial charge is 0.307 e. The van der Waals surface area contributed by atoms with Crippen molar-refractivity contribution in [2.75, 3.05) is 10.6 Å². The lowest BCUT2D eigenvalue weighted by Crippen LogP contribution is -2.20. The second kappa shape index (κ2) is 6.00. The topological polar surface area (TPSA) is 41.1 Å². The third-order valence-electron chi connectivity index (χ3n) is 2.62. The third kappa shape index (κ3) is 3.54. The van der Waals surface area contributed by atoms with Crippen LogP contribution in [-0.4, -0.2) is 6.03 Å². The summed E-state index contributed by atoms with van der Waals surface area (Å²) in [7, 11) is 0. The summed E-state index contributed by atoms with van der Waals surface area (Å²) in [6, 6.07) is 7.69. The van der Waals surface area contributed by atoms with Crippen molar-refractivity contribution in [3.8, 4) is 0 Å². The minimum absolute atomic E-state index is 0.0846. The average molecular weight is 341 g/mol. The average Bonchev–Trinajstić information content (AvgIpc) is 2.36. The molecule has 2 amide bonds. The number of nitrogens with one attached hydrogen (secondary N) is 2. The van der Waals surface area contributed by atoms with Gasteiger partial charge in [0.15, 0.2) is 0 Å². The molecule has 0 unspecified atom stereocenters. The van der Waals surface area contributed by atoms with E-state index in [-0.39, 0.29) is 5.69 Å². The number of benzene rings is 2. The molecule has 0 aromatic heterocycles. The molecule has 3 nitrogen and oxygen atoms in total. The molecule has 0 saturated carbocycles. The molecule has 0 saturated heterocycles. The van der Waals surface area contributed by atoms with Gasteiger partial charge in [-0.3, -0.25) is 0 Å². The number of urea groups is 1. The molecule has 104 valence electrons. The van der Waals surface area contributed by atoms with Crippen LogP contribution in [-0.2, 0) is 0 Å². The van der Waals surface area contributed by atoms with Gasteiger partial charge in [0.1, 0.15) is 11.6 Å². The van der Waals surface area contributed by atoms with Crippen LogP contribution in [0, 0.1) is 18.6 Å². The fourth-order valence-electron chi connectivity index (χ4n) is 1.63. The Bertz CT molecular complexity index is 606. The van der Waals surface area contributed by atoms with Crippen molar-refractivity contribution in [1.82, 2.24) is 0 Å². The number of hydrogen-bond acceptors (Lipinski definition) is 1. The van der Waals surface area contributed by atoms with E-state index in [1.165, 1.54) is 6.07 Å². The highest BCUT2D eigenvalue weighted by Crippen LogP contribution is 2.21. The zero-order valence-electron chi connectivity index (χ0n) is 10.5. The highest BCUT2D eigenvalue weighted by molar-refractivity contribution is 9.10. The van der Waals surface area contributed by atoms with Gasteiger partial charge in [-0.25, -0.2) is 13.6 Å². The van der Waals surface area contributed by atoms with Crippen molar-refractivity contribution >= 4 is 33.3 Å². The molecule has 2 N–H and O–H groups in total. The van der Waals surface area contributed by atoms with E-state index in [0.717, 1.165) is 16.1 Å². The van der Waals surface area contributed by atoms with Gasteiger partial charge in [-0.2, -0.15) is 0 Å². The van der Waals surface area contributed by atoms with Crippen LogP contribution in [0.15, 0.2) is 40.9 Å². The molecule has 2 aromatic rings. The maximum absolute atomic E-state index is 13.4. The summed E-state index contributed by atoms with van der Waals surface area (Å²) in [6.07, 6.45) is 0. The number of carbonyl (C=O) groups is 1. The van der Waals surface area contributed by atoms with Crippen LogP contribution in [0.2, 0.25) is 0 Å². The van der Waals surface area contributed by atoms with Crippen LogP contribution in [0.1, 0.15) is 5.56 Å². The Morgan fingerprint density at radius 3 is 2.35 bits per heavy atom. The summed E-state index contributed by atoms with van der Waals surface area (Å²) in [5, 5.41) is 4.92. The van der Waals surface area contributed by atoms with Crippen molar-refractivity contribution in [1.29, 1.82) is 0 Å². The molecule has 0 aliphatic rings. The summed E-state index contributed by atoms with van der Waals surface area (Å²) in [5.41, 5.74) is 1.38. The lowest BCUT2D eigenvalue weighted by atomic mass is 10.2. The summed E-state index contributed by atoms with van der Waals surface area (Å²) in [6.45, 7) is 1.83. The Labute approximate surface area is 123 Å². The summed E-state index contributed by atoms with van der Waals surface area (Å²) in [5.74, 6) is -1.52. The Hall–Kier alpha value is -1.95. The van der Waals surface area contributed by atoms with Crippen LogP contribution in [0.25, 0.3) is 0 Å². The Kier molecular flexibility index (Phi) is 4.34. The van der Waals surface area contributed by atoms with Gasteiger partial charge in [-0.1, -0.05) is 15.9 Å². The Morgan fingerprint density at radius 1 is 1.05 bits per heavy atom. The fraction of sp³-hybridized carbons (Fsp3) is 0.0714.